The van der Waals surface area contributed by atoms with E-state index in [2.05, 4.69) is 10.2 Å². The van der Waals surface area contributed by atoms with Gasteiger partial charge in [0.25, 0.3) is 0 Å². The van der Waals surface area contributed by atoms with Crippen LogP contribution in [0.4, 0.5) is 25.8 Å². The first kappa shape index (κ1) is 14.5. The molecule has 0 atom stereocenters. The van der Waals surface area contributed by atoms with Gasteiger partial charge in [0.1, 0.15) is 17.5 Å². The molecule has 0 saturated carbocycles. The Hall–Kier alpha value is -2.14. The van der Waals surface area contributed by atoms with Crippen LogP contribution >= 0.6 is 11.6 Å². The highest BCUT2D eigenvalue weighted by atomic mass is 35.5. The number of anilines is 2. The van der Waals surface area contributed by atoms with Crippen molar-refractivity contribution in [3.05, 3.63) is 52.6 Å². The Labute approximate surface area is 137 Å². The van der Waals surface area contributed by atoms with Crippen molar-refractivity contribution in [2.75, 3.05) is 18.4 Å². The second kappa shape index (κ2) is 5.49. The fraction of sp³-hybridized carbons (Fsp3) is 0.235. The lowest BCUT2D eigenvalue weighted by Gasteiger charge is -2.20. The third-order valence-corrected chi connectivity index (χ3v) is 4.45. The van der Waals surface area contributed by atoms with E-state index < -0.39 is 5.82 Å². The van der Waals surface area contributed by atoms with Crippen LogP contribution in [-0.4, -0.2) is 23.8 Å². The van der Waals surface area contributed by atoms with Gasteiger partial charge in [-0.2, -0.15) is 0 Å². The lowest BCUT2D eigenvalue weighted by atomic mass is 10.1. The van der Waals surface area contributed by atoms with Gasteiger partial charge in [0.15, 0.2) is 0 Å². The van der Waals surface area contributed by atoms with E-state index in [1.807, 2.05) is 0 Å². The molecule has 1 fully saturated rings. The van der Waals surface area contributed by atoms with E-state index in [-0.39, 0.29) is 10.8 Å². The van der Waals surface area contributed by atoms with Crippen LogP contribution in [0.15, 0.2) is 35.3 Å². The van der Waals surface area contributed by atoms with Crippen LogP contribution < -0.4 is 5.32 Å². The van der Waals surface area contributed by atoms with Gasteiger partial charge in [-0.15, -0.1) is 0 Å². The number of nitrogens with zero attached hydrogens (tertiary/aromatic N) is 2. The van der Waals surface area contributed by atoms with E-state index in [0.717, 1.165) is 37.3 Å². The average Bonchev–Trinajstić information content (AvgIpc) is 2.99. The molecule has 0 unspecified atom stereocenters. The van der Waals surface area contributed by atoms with Gasteiger partial charge < -0.3 is 10.2 Å². The number of nitrogens with one attached hydrogen (secondary N) is 1. The maximum atomic E-state index is 13.8. The van der Waals surface area contributed by atoms with Gasteiger partial charge in [0.05, 0.1) is 22.1 Å². The first-order chi connectivity index (χ1) is 11.1. The number of amidine groups is 1. The smallest absolute Gasteiger partial charge is 0.144 e. The van der Waals surface area contributed by atoms with E-state index in [4.69, 9.17) is 16.6 Å². The monoisotopic (exact) mass is 333 g/mol. The van der Waals surface area contributed by atoms with Gasteiger partial charge in [0.2, 0.25) is 0 Å². The van der Waals surface area contributed by atoms with Gasteiger partial charge in [-0.05, 0) is 37.1 Å². The lowest BCUT2D eigenvalue weighted by molar-refractivity contribution is 0.521. The molecule has 6 heteroatoms. The second-order valence-electron chi connectivity index (χ2n) is 5.73. The van der Waals surface area contributed by atoms with Crippen molar-refractivity contribution in [2.24, 2.45) is 4.99 Å². The van der Waals surface area contributed by atoms with Crippen LogP contribution in [0.2, 0.25) is 5.02 Å². The first-order valence-electron chi connectivity index (χ1n) is 7.51. The molecule has 2 aliphatic heterocycles. The van der Waals surface area contributed by atoms with E-state index in [1.165, 1.54) is 24.3 Å². The van der Waals surface area contributed by atoms with Crippen molar-refractivity contribution in [3.8, 4) is 0 Å². The minimum atomic E-state index is -0.532. The largest absolute Gasteiger partial charge is 0.356 e. The van der Waals surface area contributed by atoms with E-state index in [0.29, 0.717) is 17.1 Å². The van der Waals surface area contributed by atoms with Crippen molar-refractivity contribution in [2.45, 2.75) is 12.8 Å². The molecule has 118 valence electrons. The summed E-state index contributed by atoms with van der Waals surface area (Å²) in [5.41, 5.74) is 2.42. The fourth-order valence-electron chi connectivity index (χ4n) is 3.03. The number of likely N-dealkylation sites (tertiary alicyclic amines) is 1. The zero-order valence-corrected chi connectivity index (χ0v) is 13.0. The Balaban J connectivity index is 1.93. The lowest BCUT2D eigenvalue weighted by Crippen LogP contribution is -2.28. The minimum Gasteiger partial charge on any atom is -0.356 e. The molecule has 2 aromatic rings. The molecule has 3 nitrogen and oxygen atoms in total. The summed E-state index contributed by atoms with van der Waals surface area (Å²) in [6.45, 7) is 1.81. The topological polar surface area (TPSA) is 27.6 Å². The summed E-state index contributed by atoms with van der Waals surface area (Å²) in [6.07, 6.45) is 2.19. The molecule has 1 saturated heterocycles. The highest BCUT2D eigenvalue weighted by Crippen LogP contribution is 2.38. The molecule has 2 heterocycles. The number of rotatable bonds is 0. The summed E-state index contributed by atoms with van der Waals surface area (Å²) in [5.74, 6) is -0.114. The van der Waals surface area contributed by atoms with Crippen LogP contribution in [-0.2, 0) is 0 Å². The molecular weight excluding hydrogens is 320 g/mol. The predicted molar refractivity (Wildman–Crippen MR) is 88.1 cm³/mol. The predicted octanol–water partition coefficient (Wildman–Crippen LogP) is 4.85. The molecule has 0 bridgehead atoms. The Bertz CT molecular complexity index is 814. The summed E-state index contributed by atoms with van der Waals surface area (Å²) < 4.78 is 27.5. The van der Waals surface area contributed by atoms with Crippen molar-refractivity contribution in [3.63, 3.8) is 0 Å². The highest BCUT2D eigenvalue weighted by Gasteiger charge is 2.24. The number of hydrogen-bond donors (Lipinski definition) is 1. The van der Waals surface area contributed by atoms with Crippen molar-refractivity contribution < 1.29 is 8.78 Å². The van der Waals surface area contributed by atoms with E-state index >= 15 is 0 Å². The molecule has 4 rings (SSSR count). The summed E-state index contributed by atoms with van der Waals surface area (Å²) in [5, 5.41) is 3.11. The maximum Gasteiger partial charge on any atom is 0.144 e. The molecule has 0 amide bonds. The third kappa shape index (κ3) is 2.55. The Morgan fingerprint density at radius 1 is 1.04 bits per heavy atom. The average molecular weight is 334 g/mol. The van der Waals surface area contributed by atoms with Crippen LogP contribution in [0.25, 0.3) is 0 Å². The molecular formula is C17H14ClF2N3. The molecule has 0 radical (unpaired) electrons. The number of halogens is 3. The van der Waals surface area contributed by atoms with Crippen molar-refractivity contribution in [1.29, 1.82) is 0 Å². The first-order valence-corrected chi connectivity index (χ1v) is 7.89. The van der Waals surface area contributed by atoms with Crippen LogP contribution in [0, 0.1) is 11.6 Å². The van der Waals surface area contributed by atoms with Crippen LogP contribution in [0.1, 0.15) is 18.4 Å². The highest BCUT2D eigenvalue weighted by molar-refractivity contribution is 6.31. The van der Waals surface area contributed by atoms with Gasteiger partial charge >= 0.3 is 0 Å². The van der Waals surface area contributed by atoms with Gasteiger partial charge in [-0.25, -0.2) is 13.8 Å². The molecule has 0 aromatic heterocycles. The summed E-state index contributed by atoms with van der Waals surface area (Å²) in [6, 6.07) is 7.32. The number of fused-ring (bicyclic) bond motifs is 2. The van der Waals surface area contributed by atoms with Gasteiger partial charge in [-0.3, -0.25) is 0 Å². The molecule has 2 aromatic carbocycles. The Morgan fingerprint density at radius 3 is 2.61 bits per heavy atom. The number of aliphatic imine (C=N–C) groups is 1. The molecule has 0 aliphatic carbocycles. The third-order valence-electron chi connectivity index (χ3n) is 4.16. The number of hydrogen-bond acceptors (Lipinski definition) is 3. The SMILES string of the molecule is Fc1ccc2c(c1)Nc1cc(F)c(Cl)cc1N=C2N1CCCC1. The second-order valence-corrected chi connectivity index (χ2v) is 6.14. The van der Waals surface area contributed by atoms with Crippen LogP contribution in [0.5, 0.6) is 0 Å². The zero-order chi connectivity index (χ0) is 16.0. The maximum absolute atomic E-state index is 13.8. The molecule has 2 aliphatic rings. The Morgan fingerprint density at radius 2 is 1.83 bits per heavy atom. The quantitative estimate of drug-likeness (QED) is 0.746. The Kier molecular flexibility index (Phi) is 3.45. The molecule has 1 N–H and O–H groups in total. The number of benzene rings is 2. The molecule has 23 heavy (non-hydrogen) atoms. The van der Waals surface area contributed by atoms with Gasteiger partial charge in [0, 0.05) is 24.7 Å². The zero-order valence-electron chi connectivity index (χ0n) is 12.2. The van der Waals surface area contributed by atoms with E-state index in [9.17, 15) is 8.78 Å². The summed E-state index contributed by atoms with van der Waals surface area (Å²) in [7, 11) is 0. The standard InChI is InChI=1S/C17H14ClF2N3/c18-12-8-15-16(9-13(12)20)21-14-7-10(19)3-4-11(14)17(22-15)23-5-1-2-6-23/h3-4,7-9,21H,1-2,5-6H2. The van der Waals surface area contributed by atoms with E-state index in [1.54, 1.807) is 6.07 Å². The summed E-state index contributed by atoms with van der Waals surface area (Å²) in [4.78, 5) is 6.87. The minimum absolute atomic E-state index is 0.0206. The normalized spacial score (nSPS) is 16.3. The van der Waals surface area contributed by atoms with Crippen molar-refractivity contribution in [1.82, 2.24) is 4.90 Å². The summed E-state index contributed by atoms with van der Waals surface area (Å²) >= 11 is 5.90. The van der Waals surface area contributed by atoms with Crippen molar-refractivity contribution >= 4 is 34.5 Å². The fourth-order valence-corrected chi connectivity index (χ4v) is 3.19. The van der Waals surface area contributed by atoms with Crippen LogP contribution in [0.3, 0.4) is 0 Å². The van der Waals surface area contributed by atoms with Gasteiger partial charge in [-0.1, -0.05) is 11.6 Å². The molecule has 0 spiro atoms.